The number of likely N-dealkylation sites (tertiary alicyclic amines) is 1. The minimum absolute atomic E-state index is 0.116. The Bertz CT molecular complexity index is 1090. The van der Waals surface area contributed by atoms with Gasteiger partial charge in [0.15, 0.2) is 0 Å². The Kier molecular flexibility index (Phi) is 9.74. The van der Waals surface area contributed by atoms with Crippen LogP contribution in [0.2, 0.25) is 5.02 Å². The lowest BCUT2D eigenvalue weighted by Crippen LogP contribution is -2.48. The summed E-state index contributed by atoms with van der Waals surface area (Å²) in [6, 6.07) is 7.54. The van der Waals surface area contributed by atoms with Crippen molar-refractivity contribution in [2.75, 3.05) is 31.2 Å². The summed E-state index contributed by atoms with van der Waals surface area (Å²) in [4.78, 5) is 45.6. The summed E-state index contributed by atoms with van der Waals surface area (Å²) in [6.07, 6.45) is 4.88. The van der Waals surface area contributed by atoms with Crippen molar-refractivity contribution in [3.05, 3.63) is 53.3 Å². The van der Waals surface area contributed by atoms with Crippen LogP contribution in [0.5, 0.6) is 5.75 Å². The van der Waals surface area contributed by atoms with Crippen LogP contribution in [-0.4, -0.2) is 65.8 Å². The average molecular weight is 532 g/mol. The third-order valence-electron chi connectivity index (χ3n) is 5.61. The maximum Gasteiger partial charge on any atom is 0.414 e. The molecule has 1 unspecified atom stereocenters. The molecular formula is C27H34ClN3O6. The zero-order valence-corrected chi connectivity index (χ0v) is 22.5. The first-order chi connectivity index (χ1) is 17.6. The number of amides is 2. The number of benzene rings is 1. The van der Waals surface area contributed by atoms with E-state index in [0.717, 1.165) is 12.8 Å². The molecule has 0 radical (unpaired) electrons. The van der Waals surface area contributed by atoms with Crippen molar-refractivity contribution in [1.29, 1.82) is 0 Å². The van der Waals surface area contributed by atoms with Crippen molar-refractivity contribution in [2.45, 2.75) is 58.6 Å². The minimum Gasteiger partial charge on any atom is -0.492 e. The van der Waals surface area contributed by atoms with Crippen LogP contribution in [0.25, 0.3) is 0 Å². The maximum atomic E-state index is 13.3. The molecule has 1 saturated heterocycles. The molecule has 1 aliphatic heterocycles. The predicted molar refractivity (Wildman–Crippen MR) is 140 cm³/mol. The molecule has 1 atom stereocenters. The van der Waals surface area contributed by atoms with Crippen LogP contribution < -0.4 is 9.64 Å². The van der Waals surface area contributed by atoms with Crippen molar-refractivity contribution >= 4 is 35.3 Å². The fourth-order valence-electron chi connectivity index (χ4n) is 4.02. The van der Waals surface area contributed by atoms with E-state index >= 15 is 0 Å². The summed E-state index contributed by atoms with van der Waals surface area (Å²) in [5, 5.41) is 0.323. The average Bonchev–Trinajstić information content (AvgIpc) is 2.85. The molecule has 2 heterocycles. The molecular weight excluding hydrogens is 498 g/mol. The van der Waals surface area contributed by atoms with E-state index in [-0.39, 0.29) is 25.7 Å². The van der Waals surface area contributed by atoms with E-state index < -0.39 is 23.7 Å². The quantitative estimate of drug-likeness (QED) is 0.436. The van der Waals surface area contributed by atoms with Gasteiger partial charge in [-0.2, -0.15) is 0 Å². The van der Waals surface area contributed by atoms with Crippen LogP contribution >= 0.6 is 11.6 Å². The van der Waals surface area contributed by atoms with E-state index in [1.54, 1.807) is 75.3 Å². The largest absolute Gasteiger partial charge is 0.492 e. The molecule has 200 valence electrons. The van der Waals surface area contributed by atoms with E-state index in [1.165, 1.54) is 4.90 Å². The molecule has 1 aliphatic rings. The standard InChI is InChI=1S/C27H34ClN3O6/c1-5-35-25(33)23-8-6-7-13-31(23)24(32)19-16-20(28)18-22(17-19)36-15-14-30(21-9-11-29-12-10-21)26(34)37-27(2,3)4/h9-12,16-18,23H,5-8,13-15H2,1-4H3. The van der Waals surface area contributed by atoms with Gasteiger partial charge in [0.2, 0.25) is 0 Å². The molecule has 0 aliphatic carbocycles. The highest BCUT2D eigenvalue weighted by molar-refractivity contribution is 6.31. The Morgan fingerprint density at radius 1 is 1.14 bits per heavy atom. The fraction of sp³-hybridized carbons (Fsp3) is 0.481. The van der Waals surface area contributed by atoms with Gasteiger partial charge in [-0.25, -0.2) is 9.59 Å². The molecule has 37 heavy (non-hydrogen) atoms. The first-order valence-corrected chi connectivity index (χ1v) is 12.8. The van der Waals surface area contributed by atoms with Gasteiger partial charge in [-0.15, -0.1) is 0 Å². The minimum atomic E-state index is -0.665. The van der Waals surface area contributed by atoms with Gasteiger partial charge in [-0.05, 0) is 77.3 Å². The van der Waals surface area contributed by atoms with Crippen LogP contribution in [0.3, 0.4) is 0 Å². The Hall–Kier alpha value is -3.33. The number of aromatic nitrogens is 1. The summed E-state index contributed by atoms with van der Waals surface area (Å²) in [6.45, 7) is 8.15. The molecule has 0 saturated carbocycles. The van der Waals surface area contributed by atoms with E-state index in [1.807, 2.05) is 0 Å². The van der Waals surface area contributed by atoms with Crippen molar-refractivity contribution in [1.82, 2.24) is 9.88 Å². The third-order valence-corrected chi connectivity index (χ3v) is 5.83. The second kappa shape index (κ2) is 12.8. The van der Waals surface area contributed by atoms with E-state index in [2.05, 4.69) is 4.98 Å². The van der Waals surface area contributed by atoms with Gasteiger partial charge < -0.3 is 19.1 Å². The number of esters is 1. The zero-order valence-electron chi connectivity index (χ0n) is 21.7. The Morgan fingerprint density at radius 2 is 1.86 bits per heavy atom. The number of halogens is 1. The van der Waals surface area contributed by atoms with Gasteiger partial charge in [0, 0.05) is 29.5 Å². The first kappa shape index (κ1) is 28.2. The highest BCUT2D eigenvalue weighted by Crippen LogP contribution is 2.26. The van der Waals surface area contributed by atoms with Gasteiger partial charge >= 0.3 is 12.1 Å². The number of hydrogen-bond donors (Lipinski definition) is 0. The molecule has 1 aromatic carbocycles. The fourth-order valence-corrected chi connectivity index (χ4v) is 4.24. The molecule has 1 fully saturated rings. The van der Waals surface area contributed by atoms with Gasteiger partial charge in [0.25, 0.3) is 5.91 Å². The lowest BCUT2D eigenvalue weighted by Gasteiger charge is -2.34. The van der Waals surface area contributed by atoms with Crippen LogP contribution in [0.1, 0.15) is 57.3 Å². The van der Waals surface area contributed by atoms with Gasteiger partial charge in [0.1, 0.15) is 24.0 Å². The molecule has 10 heteroatoms. The number of nitrogens with zero attached hydrogens (tertiary/aromatic N) is 3. The highest BCUT2D eigenvalue weighted by atomic mass is 35.5. The van der Waals surface area contributed by atoms with Gasteiger partial charge in [-0.3, -0.25) is 14.7 Å². The molecule has 0 N–H and O–H groups in total. The first-order valence-electron chi connectivity index (χ1n) is 12.4. The molecule has 2 aromatic rings. The monoisotopic (exact) mass is 531 g/mol. The Balaban J connectivity index is 1.72. The lowest BCUT2D eigenvalue weighted by atomic mass is 10.0. The normalized spacial score (nSPS) is 15.6. The summed E-state index contributed by atoms with van der Waals surface area (Å²) in [7, 11) is 0. The number of rotatable bonds is 8. The van der Waals surface area contributed by atoms with Crippen molar-refractivity contribution < 1.29 is 28.6 Å². The third kappa shape index (κ3) is 8.08. The van der Waals surface area contributed by atoms with E-state index in [9.17, 15) is 14.4 Å². The molecule has 1 aromatic heterocycles. The lowest BCUT2D eigenvalue weighted by molar-refractivity contribution is -0.149. The van der Waals surface area contributed by atoms with Crippen molar-refractivity contribution in [3.8, 4) is 5.75 Å². The SMILES string of the molecule is CCOC(=O)C1CCCCN1C(=O)c1cc(Cl)cc(OCCN(C(=O)OC(C)(C)C)c2ccncc2)c1. The predicted octanol–water partition coefficient (Wildman–Crippen LogP) is 5.11. The molecule has 0 spiro atoms. The highest BCUT2D eigenvalue weighted by Gasteiger charge is 2.34. The number of anilines is 1. The van der Waals surface area contributed by atoms with E-state index in [0.29, 0.717) is 35.0 Å². The smallest absolute Gasteiger partial charge is 0.414 e. The molecule has 0 bridgehead atoms. The summed E-state index contributed by atoms with van der Waals surface area (Å²) >= 11 is 6.31. The summed E-state index contributed by atoms with van der Waals surface area (Å²) < 4.78 is 16.6. The van der Waals surface area contributed by atoms with Crippen molar-refractivity contribution in [2.24, 2.45) is 0 Å². The van der Waals surface area contributed by atoms with Gasteiger partial charge in [0.05, 0.1) is 18.8 Å². The number of carbonyl (C=O) groups is 3. The second-order valence-corrected chi connectivity index (χ2v) is 10.1. The number of hydrogen-bond acceptors (Lipinski definition) is 7. The number of pyridine rings is 1. The van der Waals surface area contributed by atoms with Crippen LogP contribution in [0, 0.1) is 0 Å². The van der Waals surface area contributed by atoms with Gasteiger partial charge in [-0.1, -0.05) is 11.6 Å². The maximum absolute atomic E-state index is 13.3. The topological polar surface area (TPSA) is 98.3 Å². The summed E-state index contributed by atoms with van der Waals surface area (Å²) in [5.41, 5.74) is 0.267. The molecule has 3 rings (SSSR count). The Morgan fingerprint density at radius 3 is 2.54 bits per heavy atom. The zero-order chi connectivity index (χ0) is 27.0. The van der Waals surface area contributed by atoms with Crippen LogP contribution in [-0.2, 0) is 14.3 Å². The number of piperidine rings is 1. The van der Waals surface area contributed by atoms with Crippen molar-refractivity contribution in [3.63, 3.8) is 0 Å². The molecule has 2 amide bonds. The number of ether oxygens (including phenoxy) is 3. The van der Waals surface area contributed by atoms with Crippen LogP contribution in [0.15, 0.2) is 42.7 Å². The molecule has 9 nitrogen and oxygen atoms in total. The second-order valence-electron chi connectivity index (χ2n) is 9.62. The Labute approximate surface area is 222 Å². The summed E-state index contributed by atoms with van der Waals surface area (Å²) in [5.74, 6) is -0.330. The van der Waals surface area contributed by atoms with Crippen LogP contribution in [0.4, 0.5) is 10.5 Å². The van der Waals surface area contributed by atoms with E-state index in [4.69, 9.17) is 25.8 Å². The number of carbonyl (C=O) groups excluding carboxylic acids is 3.